The third-order valence-electron chi connectivity index (χ3n) is 3.73. The SMILES string of the molecule is O=S(=O)(Nc1ccc(NCc2ccccn2)nn1)c1ccc2c(c1)OCO2. The van der Waals surface area contributed by atoms with Crippen molar-refractivity contribution in [3.05, 3.63) is 60.4 Å². The lowest BCUT2D eigenvalue weighted by Crippen LogP contribution is -2.14. The van der Waals surface area contributed by atoms with Crippen molar-refractivity contribution in [1.82, 2.24) is 15.2 Å². The molecular formula is C17H15N5O4S. The van der Waals surface area contributed by atoms with Crippen molar-refractivity contribution in [1.29, 1.82) is 0 Å². The van der Waals surface area contributed by atoms with Gasteiger partial charge < -0.3 is 14.8 Å². The smallest absolute Gasteiger partial charge is 0.263 e. The molecule has 0 bridgehead atoms. The Balaban J connectivity index is 1.43. The molecule has 0 radical (unpaired) electrons. The number of aromatic nitrogens is 3. The third-order valence-corrected chi connectivity index (χ3v) is 5.09. The van der Waals surface area contributed by atoms with E-state index in [0.29, 0.717) is 23.9 Å². The van der Waals surface area contributed by atoms with Crippen LogP contribution in [0.3, 0.4) is 0 Å². The lowest BCUT2D eigenvalue weighted by atomic mass is 10.3. The van der Waals surface area contributed by atoms with E-state index in [1.165, 1.54) is 18.2 Å². The Labute approximate surface area is 155 Å². The maximum atomic E-state index is 12.5. The monoisotopic (exact) mass is 385 g/mol. The predicted molar refractivity (Wildman–Crippen MR) is 97.0 cm³/mol. The second-order valence-electron chi connectivity index (χ2n) is 5.60. The van der Waals surface area contributed by atoms with Gasteiger partial charge in [-0.05, 0) is 36.4 Å². The Morgan fingerprint density at radius 3 is 2.56 bits per heavy atom. The molecular weight excluding hydrogens is 370 g/mol. The molecule has 1 aliphatic rings. The molecule has 1 aliphatic heterocycles. The van der Waals surface area contributed by atoms with Crippen molar-refractivity contribution in [2.45, 2.75) is 11.4 Å². The van der Waals surface area contributed by atoms with E-state index in [4.69, 9.17) is 9.47 Å². The van der Waals surface area contributed by atoms with Crippen molar-refractivity contribution in [2.75, 3.05) is 16.8 Å². The van der Waals surface area contributed by atoms with Crippen LogP contribution in [0.15, 0.2) is 59.6 Å². The highest BCUT2D eigenvalue weighted by atomic mass is 32.2. The lowest BCUT2D eigenvalue weighted by molar-refractivity contribution is 0.174. The van der Waals surface area contributed by atoms with Gasteiger partial charge in [0.1, 0.15) is 5.82 Å². The molecule has 0 unspecified atom stereocenters. The van der Waals surface area contributed by atoms with Gasteiger partial charge in [0, 0.05) is 12.3 Å². The minimum atomic E-state index is -3.82. The Kier molecular flexibility index (Phi) is 4.47. The zero-order chi connectivity index (χ0) is 18.7. The molecule has 3 aromatic rings. The van der Waals surface area contributed by atoms with Gasteiger partial charge in [0.05, 0.1) is 17.1 Å². The van der Waals surface area contributed by atoms with E-state index in [0.717, 1.165) is 5.69 Å². The van der Waals surface area contributed by atoms with E-state index < -0.39 is 10.0 Å². The number of rotatable bonds is 6. The van der Waals surface area contributed by atoms with Crippen LogP contribution in [0.25, 0.3) is 0 Å². The van der Waals surface area contributed by atoms with Crippen LogP contribution in [0.5, 0.6) is 11.5 Å². The molecule has 0 spiro atoms. The Morgan fingerprint density at radius 1 is 0.963 bits per heavy atom. The average molecular weight is 385 g/mol. The van der Waals surface area contributed by atoms with Crippen LogP contribution in [-0.2, 0) is 16.6 Å². The molecule has 0 amide bonds. The van der Waals surface area contributed by atoms with Gasteiger partial charge in [-0.15, -0.1) is 10.2 Å². The summed E-state index contributed by atoms with van der Waals surface area (Å²) in [5.41, 5.74) is 0.854. The fraction of sp³-hybridized carbons (Fsp3) is 0.118. The maximum Gasteiger partial charge on any atom is 0.263 e. The van der Waals surface area contributed by atoms with E-state index in [9.17, 15) is 8.42 Å². The highest BCUT2D eigenvalue weighted by molar-refractivity contribution is 7.92. The minimum absolute atomic E-state index is 0.0471. The molecule has 3 heterocycles. The van der Waals surface area contributed by atoms with Crippen LogP contribution in [0.1, 0.15) is 5.69 Å². The molecule has 4 rings (SSSR count). The second kappa shape index (κ2) is 7.08. The van der Waals surface area contributed by atoms with Crippen molar-refractivity contribution in [3.8, 4) is 11.5 Å². The van der Waals surface area contributed by atoms with Crippen molar-refractivity contribution in [2.24, 2.45) is 0 Å². The summed E-state index contributed by atoms with van der Waals surface area (Å²) in [7, 11) is -3.82. The van der Waals surface area contributed by atoms with E-state index in [1.54, 1.807) is 18.3 Å². The average Bonchev–Trinajstić information content (AvgIpc) is 3.16. The summed E-state index contributed by atoms with van der Waals surface area (Å²) in [5.74, 6) is 1.51. The zero-order valence-electron chi connectivity index (χ0n) is 14.0. The molecule has 0 saturated heterocycles. The molecule has 9 nitrogen and oxygen atoms in total. The topological polar surface area (TPSA) is 115 Å². The number of fused-ring (bicyclic) bond motifs is 1. The number of ether oxygens (including phenoxy) is 2. The van der Waals surface area contributed by atoms with Gasteiger partial charge in [-0.3, -0.25) is 9.71 Å². The third kappa shape index (κ3) is 3.90. The summed E-state index contributed by atoms with van der Waals surface area (Å²) < 4.78 is 37.8. The van der Waals surface area contributed by atoms with E-state index in [-0.39, 0.29) is 17.5 Å². The van der Waals surface area contributed by atoms with Crippen molar-refractivity contribution < 1.29 is 17.9 Å². The van der Waals surface area contributed by atoms with Gasteiger partial charge in [-0.25, -0.2) is 8.42 Å². The van der Waals surface area contributed by atoms with Crippen LogP contribution >= 0.6 is 0 Å². The van der Waals surface area contributed by atoms with Crippen LogP contribution in [-0.4, -0.2) is 30.4 Å². The summed E-state index contributed by atoms with van der Waals surface area (Å²) in [6, 6.07) is 13.2. The highest BCUT2D eigenvalue weighted by Crippen LogP contribution is 2.34. The summed E-state index contributed by atoms with van der Waals surface area (Å²) in [5, 5.41) is 10.9. The Morgan fingerprint density at radius 2 is 1.78 bits per heavy atom. The number of benzene rings is 1. The molecule has 0 atom stereocenters. The minimum Gasteiger partial charge on any atom is -0.454 e. The van der Waals surface area contributed by atoms with Crippen LogP contribution < -0.4 is 19.5 Å². The largest absolute Gasteiger partial charge is 0.454 e. The molecule has 138 valence electrons. The zero-order valence-corrected chi connectivity index (χ0v) is 14.8. The number of anilines is 2. The van der Waals surface area contributed by atoms with E-state index in [1.807, 2.05) is 18.2 Å². The molecule has 0 fully saturated rings. The Bertz CT molecular complexity index is 1040. The van der Waals surface area contributed by atoms with Gasteiger partial charge in [0.15, 0.2) is 17.3 Å². The first-order chi connectivity index (χ1) is 13.1. The first-order valence-corrected chi connectivity index (χ1v) is 9.48. The fourth-order valence-corrected chi connectivity index (χ4v) is 3.42. The summed E-state index contributed by atoms with van der Waals surface area (Å²) in [4.78, 5) is 4.24. The van der Waals surface area contributed by atoms with E-state index >= 15 is 0 Å². The molecule has 0 aliphatic carbocycles. The first kappa shape index (κ1) is 17.0. The van der Waals surface area contributed by atoms with Crippen LogP contribution in [0.2, 0.25) is 0 Å². The second-order valence-corrected chi connectivity index (χ2v) is 7.28. The normalized spacial score (nSPS) is 12.6. The summed E-state index contributed by atoms with van der Waals surface area (Å²) in [6.07, 6.45) is 1.71. The van der Waals surface area contributed by atoms with Gasteiger partial charge in [0.2, 0.25) is 6.79 Å². The molecule has 27 heavy (non-hydrogen) atoms. The first-order valence-electron chi connectivity index (χ1n) is 8.00. The highest BCUT2D eigenvalue weighted by Gasteiger charge is 2.20. The van der Waals surface area contributed by atoms with Crippen LogP contribution in [0, 0.1) is 0 Å². The summed E-state index contributed by atoms with van der Waals surface area (Å²) >= 11 is 0. The molecule has 2 aromatic heterocycles. The number of pyridine rings is 1. The van der Waals surface area contributed by atoms with Crippen LogP contribution in [0.4, 0.5) is 11.6 Å². The van der Waals surface area contributed by atoms with Crippen molar-refractivity contribution in [3.63, 3.8) is 0 Å². The van der Waals surface area contributed by atoms with Gasteiger partial charge in [-0.1, -0.05) is 6.07 Å². The molecule has 0 saturated carbocycles. The predicted octanol–water partition coefficient (Wildman–Crippen LogP) is 2.01. The Hall–Kier alpha value is -3.40. The maximum absolute atomic E-state index is 12.5. The number of nitrogens with one attached hydrogen (secondary N) is 2. The van der Waals surface area contributed by atoms with Gasteiger partial charge >= 0.3 is 0 Å². The number of hydrogen-bond donors (Lipinski definition) is 2. The standard InChI is InChI=1S/C17H15N5O4S/c23-27(24,13-4-5-14-15(9-13)26-11-25-14)22-17-7-6-16(20-21-17)19-10-12-3-1-2-8-18-12/h1-9H,10-11H2,(H,19,20)(H,21,22). The lowest BCUT2D eigenvalue weighted by Gasteiger charge is -2.08. The molecule has 2 N–H and O–H groups in total. The molecule has 1 aromatic carbocycles. The quantitative estimate of drug-likeness (QED) is 0.662. The number of hydrogen-bond acceptors (Lipinski definition) is 8. The van der Waals surface area contributed by atoms with Crippen molar-refractivity contribution >= 4 is 21.7 Å². The summed E-state index contributed by atoms with van der Waals surface area (Å²) in [6.45, 7) is 0.558. The molecule has 10 heteroatoms. The van der Waals surface area contributed by atoms with Gasteiger partial charge in [0.25, 0.3) is 10.0 Å². The van der Waals surface area contributed by atoms with Gasteiger partial charge in [-0.2, -0.15) is 0 Å². The number of sulfonamides is 1. The fourth-order valence-electron chi connectivity index (χ4n) is 2.41. The number of nitrogens with zero attached hydrogens (tertiary/aromatic N) is 3. The van der Waals surface area contributed by atoms with E-state index in [2.05, 4.69) is 25.2 Å².